The number of benzene rings is 14. The second kappa shape index (κ2) is 15.7. The van der Waals surface area contributed by atoms with E-state index < -0.39 is 0 Å². The monoisotopic (exact) mass is 940 g/mol. The molecule has 0 radical (unpaired) electrons. The summed E-state index contributed by atoms with van der Waals surface area (Å²) in [5, 5.41) is 29.2. The molecule has 16 aromatic rings. The molecule has 17 rings (SSSR count). The summed E-state index contributed by atoms with van der Waals surface area (Å²) in [6, 6.07) is 83.1. The summed E-state index contributed by atoms with van der Waals surface area (Å²) in [6.45, 7) is 1.71. The van der Waals surface area contributed by atoms with Crippen molar-refractivity contribution in [3.05, 3.63) is 218 Å². The highest BCUT2D eigenvalue weighted by Gasteiger charge is 2.29. The zero-order valence-electron chi connectivity index (χ0n) is 40.9. The first kappa shape index (κ1) is 41.5. The van der Waals surface area contributed by atoms with Gasteiger partial charge in [0.05, 0.1) is 0 Å². The maximum Gasteiger partial charge on any atom is -0.000740 e. The summed E-state index contributed by atoms with van der Waals surface area (Å²) in [5.74, 6) is 12.0. The topological polar surface area (TPSA) is 0 Å². The Balaban J connectivity index is 0.000000640. The van der Waals surface area contributed by atoms with Crippen LogP contribution in [0.3, 0.4) is 0 Å². The molecule has 0 N–H and O–H groups in total. The Morgan fingerprint density at radius 3 is 1.19 bits per heavy atom. The zero-order valence-corrected chi connectivity index (χ0v) is 40.9. The van der Waals surface area contributed by atoms with Gasteiger partial charge in [0.2, 0.25) is 0 Å². The van der Waals surface area contributed by atoms with E-state index in [4.69, 9.17) is 6.42 Å². The van der Waals surface area contributed by atoms with Crippen LogP contribution in [0.15, 0.2) is 218 Å². The molecular weight excluding hydrogens is 901 g/mol. The molecule has 0 saturated heterocycles. The highest BCUT2D eigenvalue weighted by atomic mass is 14.3. The number of terminal acetylenes is 1. The molecule has 16 aromatic carbocycles. The quantitative estimate of drug-likeness (QED) is 0.0941. The maximum atomic E-state index is 4.78. The Labute approximate surface area is 433 Å². The van der Waals surface area contributed by atoms with E-state index in [0.29, 0.717) is 0 Å². The molecule has 0 heterocycles. The molecule has 75 heavy (non-hydrogen) atoms. The van der Waals surface area contributed by atoms with E-state index >= 15 is 0 Å². The molecule has 0 unspecified atom stereocenters. The van der Waals surface area contributed by atoms with Gasteiger partial charge < -0.3 is 0 Å². The first-order valence-electron chi connectivity index (χ1n) is 25.7. The molecule has 1 aliphatic carbocycles. The van der Waals surface area contributed by atoms with Gasteiger partial charge in [-0.3, -0.25) is 0 Å². The third kappa shape index (κ3) is 5.65. The lowest BCUT2D eigenvalue weighted by atomic mass is 9.85. The Bertz CT molecular complexity index is 5040. The summed E-state index contributed by atoms with van der Waals surface area (Å²) in [4.78, 5) is 0. The standard InChI is InChI=1S/C68H36.C7H4/c1-4-13-37(14-5-1)42-23-24-49-57-36-59-58(35-56(57)44-22-12-21-43(42)62(44)49)60(38-15-6-2-7-16-38)67-52-31-29-47-45-25-27-50-54-33-40-19-10-11-20-41(40)34-55(54)51-28-26-46(63(45)65(50)51)48-30-32-53(66(52)64(47)48)68(67)61(59)39-17-8-3-9-18-39;1-3-5-7-6-4-2/h1-36H;1H,2H3. The summed E-state index contributed by atoms with van der Waals surface area (Å²) in [5.41, 5.74) is 13.0. The molecule has 0 amide bonds. The van der Waals surface area contributed by atoms with Gasteiger partial charge in [0, 0.05) is 0 Å². The SMILES string of the molecule is C#CC#CC#CC.c1ccc(-c2ccc3c4cc5c(-c6ccccc6)c6c7ccc8c9ccc%10c%11c(ccc(c%12ccc(c6c(-c6ccccc6)c5cc4c4cccc2c43)c7c%128)c%119)-c2cc3ccccc3cc2-%10)cc1. The van der Waals surface area contributed by atoms with Crippen LogP contribution in [-0.4, -0.2) is 0 Å². The predicted octanol–water partition coefficient (Wildman–Crippen LogP) is 20.0. The fourth-order valence-corrected chi connectivity index (χ4v) is 13.6. The summed E-state index contributed by atoms with van der Waals surface area (Å²) >= 11 is 0. The van der Waals surface area contributed by atoms with Crippen molar-refractivity contribution in [2.24, 2.45) is 0 Å². The minimum absolute atomic E-state index is 1.24. The average molecular weight is 941 g/mol. The molecule has 0 aliphatic heterocycles. The van der Waals surface area contributed by atoms with Crippen molar-refractivity contribution in [3.8, 4) is 91.7 Å². The van der Waals surface area contributed by atoms with Gasteiger partial charge in [-0.25, -0.2) is 0 Å². The van der Waals surface area contributed by atoms with Gasteiger partial charge in [-0.05, 0) is 229 Å². The third-order valence-corrected chi connectivity index (χ3v) is 16.5. The molecule has 0 bridgehead atoms. The molecule has 0 fully saturated rings. The molecule has 0 saturated carbocycles. The van der Waals surface area contributed by atoms with Crippen molar-refractivity contribution >= 4 is 118 Å². The molecular formula is C75H40. The summed E-state index contributed by atoms with van der Waals surface area (Å²) in [7, 11) is 0. The van der Waals surface area contributed by atoms with E-state index in [2.05, 4.69) is 248 Å². The zero-order chi connectivity index (χ0) is 49.5. The van der Waals surface area contributed by atoms with Gasteiger partial charge in [0.15, 0.2) is 0 Å². The molecule has 0 heteroatoms. The van der Waals surface area contributed by atoms with E-state index in [1.54, 1.807) is 6.92 Å². The van der Waals surface area contributed by atoms with Crippen LogP contribution in [0.25, 0.3) is 174 Å². The van der Waals surface area contributed by atoms with Crippen molar-refractivity contribution in [2.45, 2.75) is 6.92 Å². The number of rotatable bonds is 3. The smallest absolute Gasteiger partial charge is 0.000740 e. The Morgan fingerprint density at radius 1 is 0.253 bits per heavy atom. The van der Waals surface area contributed by atoms with Crippen LogP contribution in [-0.2, 0) is 0 Å². The Hall–Kier alpha value is -10.2. The second-order valence-electron chi connectivity index (χ2n) is 20.1. The number of hydrogen-bond acceptors (Lipinski definition) is 0. The lowest BCUT2D eigenvalue weighted by Crippen LogP contribution is -1.89. The second-order valence-corrected chi connectivity index (χ2v) is 20.1. The van der Waals surface area contributed by atoms with Gasteiger partial charge in [-0.1, -0.05) is 200 Å². The lowest BCUT2D eigenvalue weighted by molar-refractivity contribution is 1.67. The molecule has 1 aliphatic rings. The van der Waals surface area contributed by atoms with Crippen molar-refractivity contribution in [3.63, 3.8) is 0 Å². The van der Waals surface area contributed by atoms with E-state index in [1.807, 2.05) is 0 Å². The van der Waals surface area contributed by atoms with Gasteiger partial charge >= 0.3 is 0 Å². The van der Waals surface area contributed by atoms with Crippen molar-refractivity contribution in [1.82, 2.24) is 0 Å². The normalized spacial score (nSPS) is 11.8. The fraction of sp³-hybridized carbons (Fsp3) is 0.0133. The molecule has 0 atom stereocenters. The van der Waals surface area contributed by atoms with Crippen LogP contribution >= 0.6 is 0 Å². The maximum absolute atomic E-state index is 4.78. The Kier molecular flexibility index (Phi) is 8.66. The lowest BCUT2D eigenvalue weighted by Gasteiger charge is -2.17. The van der Waals surface area contributed by atoms with Crippen molar-refractivity contribution in [1.29, 1.82) is 0 Å². The summed E-state index contributed by atoms with van der Waals surface area (Å²) < 4.78 is 0. The number of hydrogen-bond donors (Lipinski definition) is 0. The molecule has 0 spiro atoms. The van der Waals surface area contributed by atoms with Crippen LogP contribution in [0.5, 0.6) is 0 Å². The van der Waals surface area contributed by atoms with Crippen LogP contribution in [0.1, 0.15) is 6.92 Å². The van der Waals surface area contributed by atoms with Crippen molar-refractivity contribution in [2.75, 3.05) is 0 Å². The molecule has 0 nitrogen and oxygen atoms in total. The summed E-state index contributed by atoms with van der Waals surface area (Å²) in [6.07, 6.45) is 4.78. The average Bonchev–Trinajstić information content (AvgIpc) is 4.32. The first-order valence-corrected chi connectivity index (χ1v) is 25.7. The van der Waals surface area contributed by atoms with E-state index in [0.717, 1.165) is 0 Å². The van der Waals surface area contributed by atoms with Crippen molar-refractivity contribution < 1.29 is 0 Å². The third-order valence-electron chi connectivity index (χ3n) is 16.5. The first-order chi connectivity index (χ1) is 37.2. The van der Waals surface area contributed by atoms with Gasteiger partial charge in [-0.15, -0.1) is 6.42 Å². The van der Waals surface area contributed by atoms with E-state index in [-0.39, 0.29) is 0 Å². The van der Waals surface area contributed by atoms with Crippen LogP contribution < -0.4 is 0 Å². The van der Waals surface area contributed by atoms with Crippen LogP contribution in [0.4, 0.5) is 0 Å². The minimum atomic E-state index is 1.24. The Morgan fingerprint density at radius 2 is 0.667 bits per heavy atom. The van der Waals surface area contributed by atoms with Gasteiger partial charge in [0.25, 0.3) is 0 Å². The van der Waals surface area contributed by atoms with Gasteiger partial charge in [-0.2, -0.15) is 0 Å². The largest absolute Gasteiger partial charge is 0.106 e. The van der Waals surface area contributed by atoms with E-state index in [9.17, 15) is 0 Å². The fourth-order valence-electron chi connectivity index (χ4n) is 13.6. The van der Waals surface area contributed by atoms with Crippen LogP contribution in [0, 0.1) is 36.0 Å². The van der Waals surface area contributed by atoms with Crippen LogP contribution in [0.2, 0.25) is 0 Å². The highest BCUT2D eigenvalue weighted by molar-refractivity contribution is 6.47. The number of fused-ring (bicyclic) bond motifs is 13. The molecule has 0 aromatic heterocycles. The van der Waals surface area contributed by atoms with E-state index in [1.165, 1.54) is 174 Å². The highest BCUT2D eigenvalue weighted by Crippen LogP contribution is 2.57. The predicted molar refractivity (Wildman–Crippen MR) is 323 cm³/mol. The minimum Gasteiger partial charge on any atom is -0.106 e. The van der Waals surface area contributed by atoms with Gasteiger partial charge in [0.1, 0.15) is 0 Å². The molecule has 340 valence electrons.